The van der Waals surface area contributed by atoms with Gasteiger partial charge in [-0.15, -0.1) is 11.8 Å². The maximum Gasteiger partial charge on any atom is 0.0448 e. The van der Waals surface area contributed by atoms with Crippen LogP contribution in [0.15, 0.2) is 0 Å². The normalized spacial score (nSPS) is 34.4. The van der Waals surface area contributed by atoms with Gasteiger partial charge in [0.1, 0.15) is 0 Å². The number of nitrogens with zero attached hydrogens (tertiary/aromatic N) is 2. The molecule has 0 aromatic heterocycles. The highest BCUT2D eigenvalue weighted by Gasteiger charge is 2.23. The molecule has 11 heavy (non-hydrogen) atoms. The standard InChI is InChI=1S/C8H15N2S/c1-2-8(6-9-3-1)10-4-5-11-7-10/h8H,1-7H2. The Morgan fingerprint density at radius 2 is 2.45 bits per heavy atom. The highest BCUT2D eigenvalue weighted by molar-refractivity contribution is 7.99. The summed E-state index contributed by atoms with van der Waals surface area (Å²) in [6.07, 6.45) is 2.69. The molecule has 0 N–H and O–H groups in total. The van der Waals surface area contributed by atoms with E-state index in [1.54, 1.807) is 0 Å². The van der Waals surface area contributed by atoms with Gasteiger partial charge in [-0.3, -0.25) is 4.90 Å². The Kier molecular flexibility index (Phi) is 2.72. The number of thioether (sulfide) groups is 1. The van der Waals surface area contributed by atoms with E-state index in [2.05, 4.69) is 22.0 Å². The average molecular weight is 171 g/mol. The van der Waals surface area contributed by atoms with Gasteiger partial charge in [-0.25, -0.2) is 5.32 Å². The number of hydrogen-bond donors (Lipinski definition) is 0. The molecule has 2 aliphatic heterocycles. The first-order valence-corrected chi connectivity index (χ1v) is 5.57. The van der Waals surface area contributed by atoms with Gasteiger partial charge in [0.05, 0.1) is 0 Å². The molecule has 3 heteroatoms. The van der Waals surface area contributed by atoms with Crippen molar-refractivity contribution in [2.75, 3.05) is 31.3 Å². The third-order valence-corrected chi connectivity index (χ3v) is 3.48. The zero-order chi connectivity index (χ0) is 7.52. The Labute approximate surface area is 72.7 Å². The van der Waals surface area contributed by atoms with Gasteiger partial charge in [-0.2, -0.15) is 0 Å². The van der Waals surface area contributed by atoms with Crippen LogP contribution in [0.25, 0.3) is 0 Å². The minimum absolute atomic E-state index is 0.791. The summed E-state index contributed by atoms with van der Waals surface area (Å²) in [7, 11) is 0. The molecule has 2 saturated heterocycles. The number of rotatable bonds is 1. The first kappa shape index (κ1) is 7.90. The van der Waals surface area contributed by atoms with Crippen molar-refractivity contribution in [3.05, 3.63) is 0 Å². The van der Waals surface area contributed by atoms with Crippen molar-refractivity contribution in [1.82, 2.24) is 10.2 Å². The minimum Gasteiger partial charge on any atom is -0.289 e. The van der Waals surface area contributed by atoms with Crippen LogP contribution in [0.3, 0.4) is 0 Å². The smallest absolute Gasteiger partial charge is 0.0448 e. The summed E-state index contributed by atoms with van der Waals surface area (Å²) < 4.78 is 0. The van der Waals surface area contributed by atoms with Crippen LogP contribution in [0.1, 0.15) is 12.8 Å². The molecule has 2 nitrogen and oxygen atoms in total. The Balaban J connectivity index is 1.82. The number of piperidine rings is 1. The fourth-order valence-electron chi connectivity index (χ4n) is 1.78. The van der Waals surface area contributed by atoms with Crippen LogP contribution in [0.4, 0.5) is 0 Å². The molecule has 0 aromatic carbocycles. The second-order valence-corrected chi connectivity index (χ2v) is 4.35. The molecular formula is C8H15N2S. The fourth-order valence-corrected chi connectivity index (χ4v) is 2.85. The molecule has 2 rings (SSSR count). The predicted molar refractivity (Wildman–Crippen MR) is 48.9 cm³/mol. The lowest BCUT2D eigenvalue weighted by Crippen LogP contribution is -2.42. The molecular weight excluding hydrogens is 156 g/mol. The van der Waals surface area contributed by atoms with Crippen molar-refractivity contribution in [3.63, 3.8) is 0 Å². The molecule has 1 unspecified atom stereocenters. The van der Waals surface area contributed by atoms with Crippen molar-refractivity contribution >= 4 is 11.8 Å². The maximum absolute atomic E-state index is 4.45. The van der Waals surface area contributed by atoms with Gasteiger partial charge in [0.25, 0.3) is 0 Å². The molecule has 2 heterocycles. The van der Waals surface area contributed by atoms with Crippen molar-refractivity contribution in [2.45, 2.75) is 18.9 Å². The van der Waals surface area contributed by atoms with Gasteiger partial charge < -0.3 is 0 Å². The first-order valence-electron chi connectivity index (χ1n) is 4.42. The van der Waals surface area contributed by atoms with Crippen LogP contribution in [0.5, 0.6) is 0 Å². The second-order valence-electron chi connectivity index (χ2n) is 3.28. The largest absolute Gasteiger partial charge is 0.289 e. The fraction of sp³-hybridized carbons (Fsp3) is 1.00. The molecule has 0 spiro atoms. The molecule has 0 bridgehead atoms. The van der Waals surface area contributed by atoms with E-state index in [0.717, 1.165) is 19.1 Å². The van der Waals surface area contributed by atoms with Crippen LogP contribution in [0, 0.1) is 0 Å². The third kappa shape index (κ3) is 1.89. The topological polar surface area (TPSA) is 17.3 Å². The van der Waals surface area contributed by atoms with Crippen molar-refractivity contribution in [3.8, 4) is 0 Å². The van der Waals surface area contributed by atoms with E-state index in [1.807, 2.05) is 0 Å². The Morgan fingerprint density at radius 3 is 3.09 bits per heavy atom. The monoisotopic (exact) mass is 171 g/mol. The molecule has 63 valence electrons. The lowest BCUT2D eigenvalue weighted by atomic mass is 10.1. The Morgan fingerprint density at radius 1 is 1.45 bits per heavy atom. The van der Waals surface area contributed by atoms with Crippen molar-refractivity contribution in [2.24, 2.45) is 0 Å². The van der Waals surface area contributed by atoms with E-state index in [1.165, 1.54) is 31.0 Å². The van der Waals surface area contributed by atoms with E-state index < -0.39 is 0 Å². The van der Waals surface area contributed by atoms with E-state index in [9.17, 15) is 0 Å². The van der Waals surface area contributed by atoms with Crippen LogP contribution >= 0.6 is 11.8 Å². The first-order chi connectivity index (χ1) is 5.47. The van der Waals surface area contributed by atoms with Crippen LogP contribution in [-0.2, 0) is 0 Å². The molecule has 0 amide bonds. The van der Waals surface area contributed by atoms with Crippen LogP contribution in [-0.4, -0.2) is 42.2 Å². The molecule has 0 saturated carbocycles. The van der Waals surface area contributed by atoms with Gasteiger partial charge >= 0.3 is 0 Å². The highest BCUT2D eigenvalue weighted by atomic mass is 32.2. The summed E-state index contributed by atoms with van der Waals surface area (Å²) in [6, 6.07) is 0.791. The summed E-state index contributed by atoms with van der Waals surface area (Å²) in [4.78, 5) is 2.59. The summed E-state index contributed by atoms with van der Waals surface area (Å²) in [6.45, 7) is 3.50. The zero-order valence-corrected chi connectivity index (χ0v) is 7.65. The quantitative estimate of drug-likeness (QED) is 0.579. The Bertz CT molecular complexity index is 117. The highest BCUT2D eigenvalue weighted by Crippen LogP contribution is 2.20. The molecule has 1 radical (unpaired) electrons. The zero-order valence-electron chi connectivity index (χ0n) is 6.83. The average Bonchev–Trinajstić information content (AvgIpc) is 2.58. The van der Waals surface area contributed by atoms with E-state index in [4.69, 9.17) is 0 Å². The van der Waals surface area contributed by atoms with Gasteiger partial charge in [-0.1, -0.05) is 0 Å². The summed E-state index contributed by atoms with van der Waals surface area (Å²) in [5.41, 5.74) is 0. The summed E-state index contributed by atoms with van der Waals surface area (Å²) in [5, 5.41) is 4.45. The van der Waals surface area contributed by atoms with Gasteiger partial charge in [0.15, 0.2) is 0 Å². The third-order valence-electron chi connectivity index (χ3n) is 2.49. The van der Waals surface area contributed by atoms with Gasteiger partial charge in [-0.05, 0) is 12.8 Å². The van der Waals surface area contributed by atoms with Gasteiger partial charge in [0.2, 0.25) is 0 Å². The second kappa shape index (κ2) is 3.78. The predicted octanol–water partition coefficient (Wildman–Crippen LogP) is 0.759. The number of hydrogen-bond acceptors (Lipinski definition) is 2. The van der Waals surface area contributed by atoms with E-state index in [-0.39, 0.29) is 0 Å². The minimum atomic E-state index is 0.791. The lowest BCUT2D eigenvalue weighted by molar-refractivity contribution is 0.211. The van der Waals surface area contributed by atoms with E-state index in [0.29, 0.717) is 0 Å². The van der Waals surface area contributed by atoms with Gasteiger partial charge in [0, 0.05) is 37.3 Å². The maximum atomic E-state index is 4.45. The molecule has 1 atom stereocenters. The lowest BCUT2D eigenvalue weighted by Gasteiger charge is -2.29. The van der Waals surface area contributed by atoms with Crippen LogP contribution in [0.2, 0.25) is 0 Å². The molecule has 2 aliphatic rings. The summed E-state index contributed by atoms with van der Waals surface area (Å²) >= 11 is 2.06. The van der Waals surface area contributed by atoms with Crippen molar-refractivity contribution in [1.29, 1.82) is 0 Å². The molecule has 2 fully saturated rings. The molecule has 0 aromatic rings. The Hall–Kier alpha value is 0.270. The summed E-state index contributed by atoms with van der Waals surface area (Å²) in [5.74, 6) is 2.58. The van der Waals surface area contributed by atoms with E-state index >= 15 is 0 Å². The SMILES string of the molecule is C1C[N]CC(N2CCSC2)C1. The molecule has 0 aliphatic carbocycles. The van der Waals surface area contributed by atoms with Crippen LogP contribution < -0.4 is 5.32 Å². The van der Waals surface area contributed by atoms with Crippen molar-refractivity contribution < 1.29 is 0 Å².